The van der Waals surface area contributed by atoms with Crippen LogP contribution in [0, 0.1) is 0 Å². The van der Waals surface area contributed by atoms with Crippen LogP contribution in [0.25, 0.3) is 0 Å². The topological polar surface area (TPSA) is 61.0 Å². The molecule has 0 radical (unpaired) electrons. The number of anilines is 1. The Morgan fingerprint density at radius 2 is 2.08 bits per heavy atom. The van der Waals surface area contributed by atoms with Gasteiger partial charge in [-0.1, -0.05) is 19.1 Å². The van der Waals surface area contributed by atoms with Crippen molar-refractivity contribution >= 4 is 11.6 Å². The van der Waals surface area contributed by atoms with Gasteiger partial charge in [0.2, 0.25) is 5.91 Å². The summed E-state index contributed by atoms with van der Waals surface area (Å²) >= 11 is 0. The van der Waals surface area contributed by atoms with Crippen molar-refractivity contribution in [2.75, 3.05) is 18.0 Å². The Kier molecular flexibility index (Phi) is 3.29. The molecule has 2 N–H and O–H groups in total. The van der Waals surface area contributed by atoms with E-state index in [1.54, 1.807) is 0 Å². The van der Waals surface area contributed by atoms with E-state index >= 15 is 0 Å². The number of aryl methyl sites for hydroxylation is 3. The first-order valence-electron chi connectivity index (χ1n) is 9.44. The molecule has 0 unspecified atom stereocenters. The minimum absolute atomic E-state index is 0.233. The molecule has 5 heteroatoms. The number of aromatic amines is 1. The molecule has 25 heavy (non-hydrogen) atoms. The molecular formula is C20H24N4O. The molecule has 5 nitrogen and oxygen atoms in total. The third-order valence-corrected chi connectivity index (χ3v) is 6.10. The van der Waals surface area contributed by atoms with Crippen LogP contribution in [0.2, 0.25) is 0 Å². The third kappa shape index (κ3) is 2.05. The number of carbonyl (C=O) groups is 1. The summed E-state index contributed by atoms with van der Waals surface area (Å²) in [5, 5.41) is 3.32. The Labute approximate surface area is 147 Å². The fraction of sp³-hybridized carbons (Fsp3) is 0.500. The maximum absolute atomic E-state index is 13.3. The first-order chi connectivity index (χ1) is 12.2. The van der Waals surface area contributed by atoms with Gasteiger partial charge in [-0.25, -0.2) is 4.98 Å². The maximum atomic E-state index is 13.3. The minimum Gasteiger partial charge on any atom is -0.344 e. The van der Waals surface area contributed by atoms with Gasteiger partial charge in [-0.05, 0) is 49.3 Å². The standard InChI is InChI=1S/C20H24N4O/c1-2-13-6-5-9-16-18(13)20(11-21-12-20)19(25)24(16)10-17-22-14-7-3-4-8-15(14)23-17/h5-6,9,21H,2-4,7-8,10-12H2,1H3,(H,22,23). The second kappa shape index (κ2) is 5.43. The molecule has 1 amide bonds. The Balaban J connectivity index is 1.54. The number of nitrogens with one attached hydrogen (secondary N) is 2. The highest BCUT2D eigenvalue weighted by Gasteiger charge is 2.55. The molecule has 3 heterocycles. The van der Waals surface area contributed by atoms with E-state index in [0.717, 1.165) is 43.9 Å². The molecule has 5 rings (SSSR count). The van der Waals surface area contributed by atoms with E-state index in [0.29, 0.717) is 6.54 Å². The van der Waals surface area contributed by atoms with Gasteiger partial charge in [-0.2, -0.15) is 0 Å². The van der Waals surface area contributed by atoms with Crippen LogP contribution in [0.4, 0.5) is 5.69 Å². The Morgan fingerprint density at radius 1 is 1.24 bits per heavy atom. The Morgan fingerprint density at radius 3 is 2.80 bits per heavy atom. The highest BCUT2D eigenvalue weighted by molar-refractivity contribution is 6.09. The lowest BCUT2D eigenvalue weighted by Gasteiger charge is -2.38. The SMILES string of the molecule is CCc1cccc2c1C1(CNC1)C(=O)N2Cc1nc2c([nH]1)CCCC2. The van der Waals surface area contributed by atoms with Crippen molar-refractivity contribution in [3.63, 3.8) is 0 Å². The van der Waals surface area contributed by atoms with E-state index in [-0.39, 0.29) is 11.3 Å². The molecular weight excluding hydrogens is 312 g/mol. The maximum Gasteiger partial charge on any atom is 0.240 e. The van der Waals surface area contributed by atoms with Crippen molar-refractivity contribution in [1.29, 1.82) is 0 Å². The summed E-state index contributed by atoms with van der Waals surface area (Å²) in [6, 6.07) is 6.35. The van der Waals surface area contributed by atoms with Gasteiger partial charge in [-0.3, -0.25) is 4.79 Å². The molecule has 0 bridgehead atoms. The van der Waals surface area contributed by atoms with Gasteiger partial charge in [0.1, 0.15) is 11.2 Å². The highest BCUT2D eigenvalue weighted by Crippen LogP contribution is 2.46. The lowest BCUT2D eigenvalue weighted by Crippen LogP contribution is -2.62. The van der Waals surface area contributed by atoms with E-state index in [1.165, 1.54) is 35.4 Å². The van der Waals surface area contributed by atoms with Crippen molar-refractivity contribution in [3.8, 4) is 0 Å². The predicted molar refractivity (Wildman–Crippen MR) is 96.8 cm³/mol. The van der Waals surface area contributed by atoms with Gasteiger partial charge in [0.05, 0.1) is 12.2 Å². The van der Waals surface area contributed by atoms with Crippen LogP contribution < -0.4 is 10.2 Å². The van der Waals surface area contributed by atoms with Crippen LogP contribution in [-0.4, -0.2) is 29.0 Å². The van der Waals surface area contributed by atoms with E-state index in [2.05, 4.69) is 35.4 Å². The number of imidazole rings is 1. The van der Waals surface area contributed by atoms with Gasteiger partial charge < -0.3 is 15.2 Å². The zero-order valence-electron chi connectivity index (χ0n) is 14.7. The first-order valence-corrected chi connectivity index (χ1v) is 9.44. The van der Waals surface area contributed by atoms with Crippen LogP contribution in [0.15, 0.2) is 18.2 Å². The van der Waals surface area contributed by atoms with Crippen LogP contribution in [0.5, 0.6) is 0 Å². The molecule has 130 valence electrons. The molecule has 1 spiro atoms. The van der Waals surface area contributed by atoms with Crippen molar-refractivity contribution in [2.45, 2.75) is 51.0 Å². The zero-order valence-corrected chi connectivity index (χ0v) is 14.7. The Bertz CT molecular complexity index is 826. The first kappa shape index (κ1) is 15.1. The molecule has 3 aliphatic rings. The number of fused-ring (bicyclic) bond motifs is 3. The van der Waals surface area contributed by atoms with E-state index < -0.39 is 0 Å². The lowest BCUT2D eigenvalue weighted by molar-refractivity contribution is -0.125. The number of hydrogen-bond donors (Lipinski definition) is 2. The second-order valence-electron chi connectivity index (χ2n) is 7.56. The van der Waals surface area contributed by atoms with Gasteiger partial charge in [0, 0.05) is 24.5 Å². The second-order valence-corrected chi connectivity index (χ2v) is 7.56. The van der Waals surface area contributed by atoms with Crippen molar-refractivity contribution in [2.24, 2.45) is 0 Å². The number of rotatable bonds is 3. The summed E-state index contributed by atoms with van der Waals surface area (Å²) < 4.78 is 0. The van der Waals surface area contributed by atoms with E-state index in [1.807, 2.05) is 4.90 Å². The van der Waals surface area contributed by atoms with E-state index in [9.17, 15) is 4.79 Å². The van der Waals surface area contributed by atoms with Crippen LogP contribution in [0.1, 0.15) is 48.1 Å². The van der Waals surface area contributed by atoms with Gasteiger partial charge >= 0.3 is 0 Å². The van der Waals surface area contributed by atoms with Crippen molar-refractivity contribution in [3.05, 3.63) is 46.5 Å². The molecule has 1 aromatic carbocycles. The monoisotopic (exact) mass is 336 g/mol. The summed E-state index contributed by atoms with van der Waals surface area (Å²) in [6.45, 7) is 4.22. The molecule has 1 saturated heterocycles. The zero-order chi connectivity index (χ0) is 17.0. The lowest BCUT2D eigenvalue weighted by atomic mass is 9.74. The molecule has 1 fully saturated rings. The average Bonchev–Trinajstić information content (AvgIpc) is 3.11. The quantitative estimate of drug-likeness (QED) is 0.904. The molecule has 2 aliphatic heterocycles. The molecule has 0 saturated carbocycles. The van der Waals surface area contributed by atoms with Crippen LogP contribution >= 0.6 is 0 Å². The van der Waals surface area contributed by atoms with E-state index in [4.69, 9.17) is 4.98 Å². The summed E-state index contributed by atoms with van der Waals surface area (Å²) in [6.07, 6.45) is 5.55. The third-order valence-electron chi connectivity index (χ3n) is 6.10. The smallest absolute Gasteiger partial charge is 0.240 e. The van der Waals surface area contributed by atoms with Crippen LogP contribution in [0.3, 0.4) is 0 Å². The number of hydrogen-bond acceptors (Lipinski definition) is 3. The molecule has 1 aliphatic carbocycles. The number of benzene rings is 1. The summed E-state index contributed by atoms with van der Waals surface area (Å²) in [5.41, 5.74) is 5.76. The normalized spacial score (nSPS) is 20.5. The predicted octanol–water partition coefficient (Wildman–Crippen LogP) is 2.24. The number of amides is 1. The van der Waals surface area contributed by atoms with Crippen molar-refractivity contribution in [1.82, 2.24) is 15.3 Å². The molecule has 1 aromatic heterocycles. The number of aromatic nitrogens is 2. The number of carbonyl (C=O) groups excluding carboxylic acids is 1. The highest BCUT2D eigenvalue weighted by atomic mass is 16.2. The van der Waals surface area contributed by atoms with Gasteiger partial charge in [0.25, 0.3) is 0 Å². The largest absolute Gasteiger partial charge is 0.344 e. The van der Waals surface area contributed by atoms with Gasteiger partial charge in [-0.15, -0.1) is 0 Å². The average molecular weight is 336 g/mol. The summed E-state index contributed by atoms with van der Waals surface area (Å²) in [4.78, 5) is 23.6. The van der Waals surface area contributed by atoms with Gasteiger partial charge in [0.15, 0.2) is 0 Å². The fourth-order valence-electron chi connectivity index (χ4n) is 4.73. The number of nitrogens with zero attached hydrogens (tertiary/aromatic N) is 2. The summed E-state index contributed by atoms with van der Waals surface area (Å²) in [7, 11) is 0. The molecule has 2 aromatic rings. The molecule has 0 atom stereocenters. The van der Waals surface area contributed by atoms with Crippen LogP contribution in [-0.2, 0) is 36.0 Å². The summed E-state index contributed by atoms with van der Waals surface area (Å²) in [5.74, 6) is 1.16. The Hall–Kier alpha value is -2.14. The number of H-pyrrole nitrogens is 1. The minimum atomic E-state index is -0.353. The van der Waals surface area contributed by atoms with Crippen molar-refractivity contribution < 1.29 is 4.79 Å². The fourth-order valence-corrected chi connectivity index (χ4v) is 4.73.